The number of aromatic nitrogens is 1. The smallest absolute Gasteiger partial charge is 0.323 e. The van der Waals surface area contributed by atoms with Crippen LogP contribution in [0.4, 0.5) is 24.1 Å². The minimum absolute atomic E-state index is 0.0156. The minimum atomic E-state index is -2.17. The Labute approximate surface area is 204 Å². The summed E-state index contributed by atoms with van der Waals surface area (Å²) in [6, 6.07) is 8.46. The van der Waals surface area contributed by atoms with E-state index in [1.807, 2.05) is 0 Å². The number of primary amides is 1. The average Bonchev–Trinajstić information content (AvgIpc) is 3.39. The molecule has 2 heterocycles. The molecule has 1 aliphatic heterocycles. The Bertz CT molecular complexity index is 1310. The number of benzene rings is 2. The largest absolute Gasteiger partial charge is 0.393 e. The van der Waals surface area contributed by atoms with Crippen LogP contribution in [0.2, 0.25) is 5.02 Å². The Morgan fingerprint density at radius 1 is 1.20 bits per heavy atom. The van der Waals surface area contributed by atoms with Crippen molar-refractivity contribution in [1.29, 1.82) is 0 Å². The van der Waals surface area contributed by atoms with Gasteiger partial charge in [-0.3, -0.25) is 9.36 Å². The number of carbonyl (C=O) groups excluding carboxylic acids is 3. The van der Waals surface area contributed by atoms with Crippen LogP contribution in [-0.4, -0.2) is 57.3 Å². The topological polar surface area (TPSA) is 118 Å². The molecule has 3 amide bonds. The summed E-state index contributed by atoms with van der Waals surface area (Å²) in [5.41, 5.74) is 4.18. The van der Waals surface area contributed by atoms with E-state index in [9.17, 15) is 23.9 Å². The summed E-state index contributed by atoms with van der Waals surface area (Å²) in [5.74, 6) is -1.11. The average molecular weight is 505 g/mol. The summed E-state index contributed by atoms with van der Waals surface area (Å²) in [5, 5.41) is 12.6. The SMILES string of the molecule is NC(=O)n1cc(NC(=O)N2C[C@@](F)(CO)C[C@H]2C(=O)CCc2cccc(Cl)c2F)c2ccccc21. The molecule has 0 bridgehead atoms. The van der Waals surface area contributed by atoms with E-state index in [1.54, 1.807) is 30.3 Å². The quantitative estimate of drug-likeness (QED) is 0.472. The number of para-hydroxylation sites is 1. The molecule has 3 aromatic rings. The summed E-state index contributed by atoms with van der Waals surface area (Å²) in [6.07, 6.45) is 0.807. The molecule has 1 aromatic heterocycles. The van der Waals surface area contributed by atoms with Crippen molar-refractivity contribution >= 4 is 46.0 Å². The van der Waals surface area contributed by atoms with Crippen molar-refractivity contribution in [1.82, 2.24) is 9.47 Å². The van der Waals surface area contributed by atoms with Gasteiger partial charge in [0.15, 0.2) is 11.5 Å². The van der Waals surface area contributed by atoms with Crippen LogP contribution in [0.1, 0.15) is 18.4 Å². The molecule has 11 heteroatoms. The van der Waals surface area contributed by atoms with Crippen molar-refractivity contribution in [2.45, 2.75) is 31.0 Å². The Balaban J connectivity index is 1.55. The standard InChI is InChI=1S/C24H23ClF2N4O4/c25-16-6-3-4-14(21(16)26)8-9-20(33)19-10-24(27,13-32)12-31(19)23(35)29-17-11-30(22(28)34)18-7-2-1-5-15(17)18/h1-7,11,19,32H,8-10,12-13H2,(H2,28,34)(H,29,35)/t19-,24+/m0/s1. The number of aryl methyl sites for hydroxylation is 1. The summed E-state index contributed by atoms with van der Waals surface area (Å²) in [4.78, 5) is 38.9. The molecule has 35 heavy (non-hydrogen) atoms. The molecular formula is C24H23ClF2N4O4. The predicted octanol–water partition coefficient (Wildman–Crippen LogP) is 3.87. The van der Waals surface area contributed by atoms with Crippen molar-refractivity contribution < 1.29 is 28.3 Å². The lowest BCUT2D eigenvalue weighted by molar-refractivity contribution is -0.122. The zero-order valence-corrected chi connectivity index (χ0v) is 19.3. The number of alkyl halides is 1. The Morgan fingerprint density at radius 3 is 2.66 bits per heavy atom. The number of halogens is 3. The number of rotatable bonds is 6. The van der Waals surface area contributed by atoms with Gasteiger partial charge in [0, 0.05) is 24.4 Å². The lowest BCUT2D eigenvalue weighted by Gasteiger charge is -2.24. The highest BCUT2D eigenvalue weighted by molar-refractivity contribution is 6.30. The van der Waals surface area contributed by atoms with E-state index in [0.717, 1.165) is 9.47 Å². The van der Waals surface area contributed by atoms with E-state index in [4.69, 9.17) is 17.3 Å². The zero-order chi connectivity index (χ0) is 25.3. The molecule has 1 saturated heterocycles. The molecule has 2 aromatic carbocycles. The van der Waals surface area contributed by atoms with Crippen molar-refractivity contribution in [3.05, 3.63) is 65.1 Å². The van der Waals surface area contributed by atoms with E-state index in [1.165, 1.54) is 18.3 Å². The van der Waals surface area contributed by atoms with Gasteiger partial charge in [-0.2, -0.15) is 0 Å². The van der Waals surface area contributed by atoms with Gasteiger partial charge in [-0.25, -0.2) is 18.4 Å². The fourth-order valence-electron chi connectivity index (χ4n) is 4.37. The number of Topliss-reactive ketones (excluding diaryl/α,β-unsaturated/α-hetero) is 1. The van der Waals surface area contributed by atoms with Gasteiger partial charge in [-0.05, 0) is 24.1 Å². The van der Waals surface area contributed by atoms with Crippen molar-refractivity contribution in [2.75, 3.05) is 18.5 Å². The number of aliphatic hydroxyl groups excluding tert-OH is 1. The number of nitrogens with one attached hydrogen (secondary N) is 1. The van der Waals surface area contributed by atoms with Crippen molar-refractivity contribution in [3.8, 4) is 0 Å². The molecule has 2 atom stereocenters. The van der Waals surface area contributed by atoms with Crippen LogP contribution in [0.5, 0.6) is 0 Å². The minimum Gasteiger partial charge on any atom is -0.393 e. The number of anilines is 1. The number of aliphatic hydroxyl groups is 1. The number of ketones is 1. The zero-order valence-electron chi connectivity index (χ0n) is 18.5. The highest BCUT2D eigenvalue weighted by atomic mass is 35.5. The van der Waals surface area contributed by atoms with Crippen LogP contribution < -0.4 is 11.1 Å². The number of likely N-dealkylation sites (tertiary alicyclic amines) is 1. The molecule has 8 nitrogen and oxygen atoms in total. The fraction of sp³-hybridized carbons (Fsp3) is 0.292. The molecule has 1 aliphatic rings. The van der Waals surface area contributed by atoms with E-state index in [0.29, 0.717) is 10.9 Å². The first-order valence-corrected chi connectivity index (χ1v) is 11.2. The normalized spacial score (nSPS) is 19.8. The predicted molar refractivity (Wildman–Crippen MR) is 127 cm³/mol. The van der Waals surface area contributed by atoms with Gasteiger partial charge in [-0.15, -0.1) is 0 Å². The van der Waals surface area contributed by atoms with Gasteiger partial charge < -0.3 is 21.1 Å². The first-order valence-electron chi connectivity index (χ1n) is 10.9. The van der Waals surface area contributed by atoms with Gasteiger partial charge in [0.1, 0.15) is 5.82 Å². The van der Waals surface area contributed by atoms with E-state index in [-0.39, 0.29) is 29.1 Å². The number of hydrogen-bond acceptors (Lipinski definition) is 4. The van der Waals surface area contributed by atoms with Crippen LogP contribution >= 0.6 is 11.6 Å². The molecule has 0 saturated carbocycles. The number of fused-ring (bicyclic) bond motifs is 1. The maximum Gasteiger partial charge on any atom is 0.323 e. The molecule has 0 aliphatic carbocycles. The highest BCUT2D eigenvalue weighted by Crippen LogP contribution is 2.33. The highest BCUT2D eigenvalue weighted by Gasteiger charge is 2.49. The third-order valence-corrected chi connectivity index (χ3v) is 6.46. The second kappa shape index (κ2) is 9.63. The third kappa shape index (κ3) is 4.85. The molecule has 184 valence electrons. The maximum atomic E-state index is 15.1. The molecule has 0 radical (unpaired) electrons. The Kier molecular flexibility index (Phi) is 6.77. The van der Waals surface area contributed by atoms with E-state index >= 15 is 4.39 Å². The lowest BCUT2D eigenvalue weighted by Crippen LogP contribution is -2.43. The number of nitrogens with two attached hydrogens (primary N) is 1. The molecule has 0 spiro atoms. The van der Waals surface area contributed by atoms with E-state index in [2.05, 4.69) is 5.32 Å². The Hall–Kier alpha value is -3.50. The fourth-order valence-corrected chi connectivity index (χ4v) is 4.56. The van der Waals surface area contributed by atoms with Crippen LogP contribution in [-0.2, 0) is 11.2 Å². The molecule has 0 unspecified atom stereocenters. The van der Waals surface area contributed by atoms with Gasteiger partial charge in [-0.1, -0.05) is 41.9 Å². The van der Waals surface area contributed by atoms with Gasteiger partial charge in [0.2, 0.25) is 0 Å². The number of hydrogen-bond donors (Lipinski definition) is 3. The van der Waals surface area contributed by atoms with Crippen LogP contribution in [0, 0.1) is 5.82 Å². The number of carbonyl (C=O) groups is 3. The monoisotopic (exact) mass is 504 g/mol. The summed E-state index contributed by atoms with van der Waals surface area (Å²) < 4.78 is 30.4. The molecule has 1 fully saturated rings. The van der Waals surface area contributed by atoms with Gasteiger partial charge in [0.05, 0.1) is 35.4 Å². The lowest BCUT2D eigenvalue weighted by atomic mass is 9.97. The number of urea groups is 1. The maximum absolute atomic E-state index is 15.1. The van der Waals surface area contributed by atoms with Crippen molar-refractivity contribution in [3.63, 3.8) is 0 Å². The first kappa shape index (κ1) is 24.6. The van der Waals surface area contributed by atoms with Gasteiger partial charge >= 0.3 is 12.1 Å². The molecular weight excluding hydrogens is 482 g/mol. The second-order valence-corrected chi connectivity index (χ2v) is 8.94. The van der Waals surface area contributed by atoms with Gasteiger partial charge in [0.25, 0.3) is 0 Å². The molecule has 4 N–H and O–H groups in total. The van der Waals surface area contributed by atoms with Crippen LogP contribution in [0.3, 0.4) is 0 Å². The molecule has 4 rings (SSSR count). The summed E-state index contributed by atoms with van der Waals surface area (Å²) >= 11 is 5.79. The number of amides is 3. The Morgan fingerprint density at radius 2 is 1.94 bits per heavy atom. The second-order valence-electron chi connectivity index (χ2n) is 8.53. The number of nitrogens with zero attached hydrogens (tertiary/aromatic N) is 2. The van der Waals surface area contributed by atoms with E-state index < -0.39 is 54.9 Å². The first-order chi connectivity index (χ1) is 16.6. The van der Waals surface area contributed by atoms with Crippen LogP contribution in [0.25, 0.3) is 10.9 Å². The van der Waals surface area contributed by atoms with Crippen molar-refractivity contribution in [2.24, 2.45) is 5.73 Å². The summed E-state index contributed by atoms with van der Waals surface area (Å²) in [6.45, 7) is -1.38. The summed E-state index contributed by atoms with van der Waals surface area (Å²) in [7, 11) is 0. The van der Waals surface area contributed by atoms with Crippen LogP contribution in [0.15, 0.2) is 48.7 Å². The third-order valence-electron chi connectivity index (χ3n) is 6.17.